The van der Waals surface area contributed by atoms with Gasteiger partial charge in [0.25, 0.3) is 5.91 Å². The van der Waals surface area contributed by atoms with Crippen molar-refractivity contribution in [1.82, 2.24) is 9.62 Å². The first-order valence-corrected chi connectivity index (χ1v) is 10.5. The van der Waals surface area contributed by atoms with Crippen LogP contribution < -0.4 is 10.1 Å². The molecule has 0 atom stereocenters. The number of halogens is 1. The van der Waals surface area contributed by atoms with Crippen LogP contribution in [0.2, 0.25) is 5.02 Å². The maximum atomic E-state index is 12.6. The molecule has 0 aliphatic carbocycles. The second kappa shape index (κ2) is 10.1. The van der Waals surface area contributed by atoms with Crippen LogP contribution in [0.1, 0.15) is 26.2 Å². The highest BCUT2D eigenvalue weighted by molar-refractivity contribution is 7.89. The quantitative estimate of drug-likeness (QED) is 0.636. The Morgan fingerprint density at radius 1 is 1.31 bits per heavy atom. The number of rotatable bonds is 9. The van der Waals surface area contributed by atoms with E-state index >= 15 is 0 Å². The van der Waals surface area contributed by atoms with E-state index in [0.29, 0.717) is 32.8 Å². The molecule has 9 heteroatoms. The number of hydrogen-bond acceptors (Lipinski definition) is 5. The van der Waals surface area contributed by atoms with Gasteiger partial charge in [0, 0.05) is 19.6 Å². The Hall–Kier alpha value is -1.35. The molecular weight excluding hydrogens is 380 g/mol. The Balaban J connectivity index is 1.93. The summed E-state index contributed by atoms with van der Waals surface area (Å²) in [6, 6.07) is 4.26. The molecule has 0 radical (unpaired) electrons. The highest BCUT2D eigenvalue weighted by Gasteiger charge is 2.27. The maximum absolute atomic E-state index is 12.6. The fourth-order valence-corrected chi connectivity index (χ4v) is 4.23. The van der Waals surface area contributed by atoms with Crippen molar-refractivity contribution < 1.29 is 22.7 Å². The summed E-state index contributed by atoms with van der Waals surface area (Å²) in [5, 5.41) is 2.92. The highest BCUT2D eigenvalue weighted by atomic mass is 35.5. The number of nitrogens with one attached hydrogen (secondary N) is 1. The van der Waals surface area contributed by atoms with Gasteiger partial charge in [0.1, 0.15) is 5.75 Å². The van der Waals surface area contributed by atoms with Gasteiger partial charge in [-0.05, 0) is 24.6 Å². The molecule has 7 nitrogen and oxygen atoms in total. The first-order chi connectivity index (χ1) is 12.4. The third kappa shape index (κ3) is 5.84. The van der Waals surface area contributed by atoms with Crippen LogP contribution in [-0.2, 0) is 19.6 Å². The van der Waals surface area contributed by atoms with E-state index in [1.54, 1.807) is 0 Å². The van der Waals surface area contributed by atoms with Crippen LogP contribution in [0.25, 0.3) is 0 Å². The molecule has 1 heterocycles. The Labute approximate surface area is 159 Å². The van der Waals surface area contributed by atoms with E-state index in [4.69, 9.17) is 21.1 Å². The highest BCUT2D eigenvalue weighted by Crippen LogP contribution is 2.29. The second-order valence-electron chi connectivity index (χ2n) is 5.95. The number of sulfonamides is 1. The number of benzene rings is 1. The minimum Gasteiger partial charge on any atom is -0.482 e. The summed E-state index contributed by atoms with van der Waals surface area (Å²) in [6.45, 7) is 3.92. The van der Waals surface area contributed by atoms with Crippen LogP contribution in [0, 0.1) is 0 Å². The molecule has 0 bridgehead atoms. The van der Waals surface area contributed by atoms with Crippen LogP contribution in [0.3, 0.4) is 0 Å². The van der Waals surface area contributed by atoms with Crippen molar-refractivity contribution in [2.45, 2.75) is 31.1 Å². The molecule has 26 heavy (non-hydrogen) atoms. The number of carbonyl (C=O) groups excluding carboxylic acids is 1. The molecule has 1 amide bonds. The van der Waals surface area contributed by atoms with E-state index in [0.717, 1.165) is 19.3 Å². The minimum atomic E-state index is -3.62. The number of nitrogens with zero attached hydrogens (tertiary/aromatic N) is 1. The van der Waals surface area contributed by atoms with Crippen molar-refractivity contribution in [2.24, 2.45) is 0 Å². The van der Waals surface area contributed by atoms with Gasteiger partial charge in [-0.1, -0.05) is 31.4 Å². The van der Waals surface area contributed by atoms with Crippen molar-refractivity contribution in [3.63, 3.8) is 0 Å². The van der Waals surface area contributed by atoms with Gasteiger partial charge in [0.2, 0.25) is 10.0 Å². The molecule has 0 unspecified atom stereocenters. The van der Waals surface area contributed by atoms with Crippen molar-refractivity contribution in [3.8, 4) is 5.75 Å². The topological polar surface area (TPSA) is 84.9 Å². The summed E-state index contributed by atoms with van der Waals surface area (Å²) < 4.78 is 37.1. The molecule has 1 N–H and O–H groups in total. The van der Waals surface area contributed by atoms with Gasteiger partial charge in [-0.2, -0.15) is 4.31 Å². The molecule has 1 aliphatic heterocycles. The number of ether oxygens (including phenoxy) is 2. The molecule has 0 aromatic heterocycles. The maximum Gasteiger partial charge on any atom is 0.257 e. The molecule has 1 aliphatic rings. The number of carbonyl (C=O) groups is 1. The number of hydrogen-bond donors (Lipinski definition) is 1. The predicted molar refractivity (Wildman–Crippen MR) is 99.1 cm³/mol. The van der Waals surface area contributed by atoms with E-state index in [1.165, 1.54) is 22.5 Å². The third-order valence-corrected chi connectivity index (χ3v) is 6.16. The fourth-order valence-electron chi connectivity index (χ4n) is 2.49. The van der Waals surface area contributed by atoms with Crippen LogP contribution in [0.4, 0.5) is 0 Å². The lowest BCUT2D eigenvalue weighted by molar-refractivity contribution is -0.123. The Morgan fingerprint density at radius 3 is 2.69 bits per heavy atom. The summed E-state index contributed by atoms with van der Waals surface area (Å²) in [7, 11) is -3.62. The molecule has 0 saturated carbocycles. The van der Waals surface area contributed by atoms with E-state index in [9.17, 15) is 13.2 Å². The average Bonchev–Trinajstić information content (AvgIpc) is 2.65. The normalized spacial score (nSPS) is 15.6. The van der Waals surface area contributed by atoms with Crippen LogP contribution in [0.15, 0.2) is 23.1 Å². The van der Waals surface area contributed by atoms with E-state index in [-0.39, 0.29) is 28.2 Å². The van der Waals surface area contributed by atoms with Gasteiger partial charge < -0.3 is 14.8 Å². The zero-order valence-electron chi connectivity index (χ0n) is 14.9. The first-order valence-electron chi connectivity index (χ1n) is 8.72. The van der Waals surface area contributed by atoms with Crippen LogP contribution in [0.5, 0.6) is 5.75 Å². The summed E-state index contributed by atoms with van der Waals surface area (Å²) >= 11 is 6.14. The van der Waals surface area contributed by atoms with E-state index in [1.807, 2.05) is 0 Å². The van der Waals surface area contributed by atoms with Crippen molar-refractivity contribution in [2.75, 3.05) is 39.5 Å². The second-order valence-corrected chi connectivity index (χ2v) is 8.30. The molecule has 1 saturated heterocycles. The smallest absolute Gasteiger partial charge is 0.257 e. The molecule has 1 aromatic carbocycles. The van der Waals surface area contributed by atoms with E-state index < -0.39 is 10.0 Å². The zero-order chi connectivity index (χ0) is 19.0. The van der Waals surface area contributed by atoms with Gasteiger partial charge in [-0.25, -0.2) is 8.42 Å². The summed E-state index contributed by atoms with van der Waals surface area (Å²) in [4.78, 5) is 11.8. The van der Waals surface area contributed by atoms with Crippen molar-refractivity contribution in [1.29, 1.82) is 0 Å². The predicted octanol–water partition coefficient (Wildman–Crippen LogP) is 2.05. The first kappa shape index (κ1) is 21.0. The number of unbranched alkanes of at least 4 members (excludes halogenated alkanes) is 2. The van der Waals surface area contributed by atoms with Gasteiger partial charge in [-0.15, -0.1) is 0 Å². The molecule has 1 fully saturated rings. The van der Waals surface area contributed by atoms with Gasteiger partial charge in [-0.3, -0.25) is 4.79 Å². The van der Waals surface area contributed by atoms with Crippen LogP contribution >= 0.6 is 11.6 Å². The summed E-state index contributed by atoms with van der Waals surface area (Å²) in [6.07, 6.45) is 3.07. The van der Waals surface area contributed by atoms with E-state index in [2.05, 4.69) is 12.2 Å². The van der Waals surface area contributed by atoms with Gasteiger partial charge >= 0.3 is 0 Å². The summed E-state index contributed by atoms with van der Waals surface area (Å²) in [5.74, 6) is 0.0403. The lowest BCUT2D eigenvalue weighted by Gasteiger charge is -2.26. The standard InChI is InChI=1S/C17H25ClN2O5S/c1-2-3-4-7-19-17(21)13-25-16-6-5-14(12-15(16)18)26(22,23)20-8-10-24-11-9-20/h5-6,12H,2-4,7-11,13H2,1H3,(H,19,21). The SMILES string of the molecule is CCCCCNC(=O)COc1ccc(S(=O)(=O)N2CCOCC2)cc1Cl. The third-order valence-electron chi connectivity index (χ3n) is 3.97. The average molecular weight is 405 g/mol. The van der Waals surface area contributed by atoms with Crippen LogP contribution in [-0.4, -0.2) is 58.1 Å². The Bertz CT molecular complexity index is 705. The largest absolute Gasteiger partial charge is 0.482 e. The van der Waals surface area contributed by atoms with Crippen molar-refractivity contribution in [3.05, 3.63) is 23.2 Å². The minimum absolute atomic E-state index is 0.0979. The fraction of sp³-hybridized carbons (Fsp3) is 0.588. The summed E-state index contributed by atoms with van der Waals surface area (Å²) in [5.41, 5.74) is 0. The monoisotopic (exact) mass is 404 g/mol. The van der Waals surface area contributed by atoms with Gasteiger partial charge in [0.15, 0.2) is 6.61 Å². The number of morpholine rings is 1. The van der Waals surface area contributed by atoms with Gasteiger partial charge in [0.05, 0.1) is 23.1 Å². The lowest BCUT2D eigenvalue weighted by atomic mass is 10.2. The molecule has 1 aromatic rings. The Morgan fingerprint density at radius 2 is 2.04 bits per heavy atom. The molecule has 2 rings (SSSR count). The molecule has 146 valence electrons. The Kier molecular flexibility index (Phi) is 8.15. The zero-order valence-corrected chi connectivity index (χ0v) is 16.4. The number of amides is 1. The molecule has 0 spiro atoms. The lowest BCUT2D eigenvalue weighted by Crippen LogP contribution is -2.40. The molecular formula is C17H25ClN2O5S. The van der Waals surface area contributed by atoms with Crippen molar-refractivity contribution >= 4 is 27.5 Å².